The maximum Gasteiger partial charge on any atom is 0.216 e. The Hall–Kier alpha value is -2.39. The van der Waals surface area contributed by atoms with E-state index in [2.05, 4.69) is 25.3 Å². The lowest BCUT2D eigenvalue weighted by Gasteiger charge is -2.12. The molecule has 0 amide bonds. The van der Waals surface area contributed by atoms with Crippen molar-refractivity contribution in [2.75, 3.05) is 7.05 Å². The van der Waals surface area contributed by atoms with E-state index in [1.807, 2.05) is 38.1 Å². The van der Waals surface area contributed by atoms with Crippen molar-refractivity contribution in [2.45, 2.75) is 52.6 Å². The third-order valence-corrected chi connectivity index (χ3v) is 5.50. The van der Waals surface area contributed by atoms with E-state index in [1.165, 1.54) is 0 Å². The minimum atomic E-state index is -3.32. The normalized spacial score (nSPS) is 12.4. The molecule has 0 atom stereocenters. The molecule has 0 aliphatic carbocycles. The Morgan fingerprint density at radius 2 is 1.71 bits per heavy atom. The summed E-state index contributed by atoms with van der Waals surface area (Å²) in [6.45, 7) is 8.39. The van der Waals surface area contributed by atoms with E-state index in [1.54, 1.807) is 20.9 Å². The van der Waals surface area contributed by atoms with E-state index in [0.717, 1.165) is 22.6 Å². The Bertz CT molecular complexity index is 883. The topological polar surface area (TPSA) is 109 Å². The molecule has 9 heteroatoms. The number of hydrogen-bond donors (Lipinski definition) is 3. The number of aromatic nitrogens is 1. The minimum absolute atomic E-state index is 0.0307. The number of oxazole rings is 1. The number of sulfonamides is 1. The van der Waals surface area contributed by atoms with Crippen molar-refractivity contribution in [1.82, 2.24) is 20.3 Å². The standard InChI is InChI=1S/C19H29N5O3S/c1-13(2)24-28(25,26)12-17-8-6-16(7-9-17)10-21-19(20-5)22-11-18-23-14(3)15(4)27-18/h6-9,13,24H,10-12H2,1-5H3,(H2,20,21,22). The molecule has 2 rings (SSSR count). The van der Waals surface area contributed by atoms with Crippen LogP contribution in [0.1, 0.15) is 42.3 Å². The first-order valence-electron chi connectivity index (χ1n) is 9.13. The van der Waals surface area contributed by atoms with Crippen LogP contribution in [0.15, 0.2) is 33.7 Å². The largest absolute Gasteiger partial charge is 0.444 e. The van der Waals surface area contributed by atoms with Crippen molar-refractivity contribution in [1.29, 1.82) is 0 Å². The van der Waals surface area contributed by atoms with E-state index in [-0.39, 0.29) is 11.8 Å². The number of nitrogens with one attached hydrogen (secondary N) is 3. The Morgan fingerprint density at radius 3 is 2.25 bits per heavy atom. The Kier molecular flexibility index (Phi) is 7.59. The second-order valence-corrected chi connectivity index (χ2v) is 8.63. The summed E-state index contributed by atoms with van der Waals surface area (Å²) in [7, 11) is -1.63. The van der Waals surface area contributed by atoms with Crippen molar-refractivity contribution < 1.29 is 12.8 Å². The number of aryl methyl sites for hydroxylation is 2. The summed E-state index contributed by atoms with van der Waals surface area (Å²) in [4.78, 5) is 8.50. The molecule has 154 valence electrons. The van der Waals surface area contributed by atoms with Gasteiger partial charge in [-0.1, -0.05) is 24.3 Å². The lowest BCUT2D eigenvalue weighted by Crippen LogP contribution is -2.36. The zero-order valence-corrected chi connectivity index (χ0v) is 17.9. The number of nitrogens with zero attached hydrogens (tertiary/aromatic N) is 2. The van der Waals surface area contributed by atoms with Gasteiger partial charge in [0.1, 0.15) is 5.76 Å². The molecule has 1 aromatic heterocycles. The molecular formula is C19H29N5O3S. The second-order valence-electron chi connectivity index (χ2n) is 6.88. The molecular weight excluding hydrogens is 378 g/mol. The van der Waals surface area contributed by atoms with Crippen LogP contribution in [0.5, 0.6) is 0 Å². The fraction of sp³-hybridized carbons (Fsp3) is 0.474. The van der Waals surface area contributed by atoms with E-state index in [0.29, 0.717) is 24.9 Å². The van der Waals surface area contributed by atoms with Crippen molar-refractivity contribution in [3.63, 3.8) is 0 Å². The molecule has 0 bridgehead atoms. The molecule has 0 saturated carbocycles. The van der Waals surface area contributed by atoms with Crippen LogP contribution in [-0.4, -0.2) is 32.5 Å². The maximum atomic E-state index is 12.0. The van der Waals surface area contributed by atoms with Gasteiger partial charge < -0.3 is 15.1 Å². The molecule has 1 heterocycles. The molecule has 0 unspecified atom stereocenters. The molecule has 3 N–H and O–H groups in total. The predicted octanol–water partition coefficient (Wildman–Crippen LogP) is 1.98. The van der Waals surface area contributed by atoms with Crippen LogP contribution in [0, 0.1) is 13.8 Å². The monoisotopic (exact) mass is 407 g/mol. The average Bonchev–Trinajstić information content (AvgIpc) is 2.93. The van der Waals surface area contributed by atoms with Crippen LogP contribution in [0.3, 0.4) is 0 Å². The van der Waals surface area contributed by atoms with Crippen LogP contribution in [0.25, 0.3) is 0 Å². The highest BCUT2D eigenvalue weighted by Crippen LogP contribution is 2.09. The summed E-state index contributed by atoms with van der Waals surface area (Å²) in [5, 5.41) is 6.36. The third-order valence-electron chi connectivity index (χ3n) is 3.96. The Morgan fingerprint density at radius 1 is 1.11 bits per heavy atom. The fourth-order valence-corrected chi connectivity index (χ4v) is 3.99. The van der Waals surface area contributed by atoms with Crippen LogP contribution in [-0.2, 0) is 28.9 Å². The van der Waals surface area contributed by atoms with E-state index in [4.69, 9.17) is 4.42 Å². The summed E-state index contributed by atoms with van der Waals surface area (Å²) >= 11 is 0. The number of rotatable bonds is 8. The molecule has 28 heavy (non-hydrogen) atoms. The van der Waals surface area contributed by atoms with Crippen LogP contribution in [0.2, 0.25) is 0 Å². The fourth-order valence-electron chi connectivity index (χ4n) is 2.55. The molecule has 0 radical (unpaired) electrons. The molecule has 0 saturated heterocycles. The van der Waals surface area contributed by atoms with Gasteiger partial charge in [-0.05, 0) is 38.8 Å². The van der Waals surface area contributed by atoms with Gasteiger partial charge in [0, 0.05) is 19.6 Å². The molecule has 0 aliphatic rings. The van der Waals surface area contributed by atoms with Gasteiger partial charge in [0.05, 0.1) is 18.0 Å². The van der Waals surface area contributed by atoms with Crippen molar-refractivity contribution in [2.24, 2.45) is 4.99 Å². The highest BCUT2D eigenvalue weighted by atomic mass is 32.2. The molecule has 2 aromatic rings. The molecule has 8 nitrogen and oxygen atoms in total. The Labute approximate surface area is 166 Å². The number of guanidine groups is 1. The van der Waals surface area contributed by atoms with Crippen molar-refractivity contribution in [3.05, 3.63) is 52.7 Å². The Balaban J connectivity index is 1.85. The lowest BCUT2D eigenvalue weighted by atomic mass is 10.1. The first-order chi connectivity index (χ1) is 13.2. The first-order valence-corrected chi connectivity index (χ1v) is 10.8. The number of aliphatic imine (C=N–C) groups is 1. The average molecular weight is 408 g/mol. The SMILES string of the molecule is CN=C(NCc1ccc(CS(=O)(=O)NC(C)C)cc1)NCc1nc(C)c(C)o1. The summed E-state index contributed by atoms with van der Waals surface area (Å²) in [5.74, 6) is 2.02. The summed E-state index contributed by atoms with van der Waals surface area (Å²) in [6, 6.07) is 7.34. The summed E-state index contributed by atoms with van der Waals surface area (Å²) in [6.07, 6.45) is 0. The smallest absolute Gasteiger partial charge is 0.216 e. The molecule has 1 aromatic carbocycles. The second kappa shape index (κ2) is 9.70. The number of hydrogen-bond acceptors (Lipinski definition) is 5. The van der Waals surface area contributed by atoms with Crippen LogP contribution >= 0.6 is 0 Å². The molecule has 0 fully saturated rings. The molecule has 0 spiro atoms. The molecule has 0 aliphatic heterocycles. The minimum Gasteiger partial charge on any atom is -0.444 e. The van der Waals surface area contributed by atoms with E-state index < -0.39 is 10.0 Å². The van der Waals surface area contributed by atoms with Gasteiger partial charge >= 0.3 is 0 Å². The maximum absolute atomic E-state index is 12.0. The van der Waals surface area contributed by atoms with Crippen LogP contribution < -0.4 is 15.4 Å². The predicted molar refractivity (Wildman–Crippen MR) is 110 cm³/mol. The highest BCUT2D eigenvalue weighted by molar-refractivity contribution is 7.88. The van der Waals surface area contributed by atoms with E-state index in [9.17, 15) is 8.42 Å². The quantitative estimate of drug-likeness (QED) is 0.456. The van der Waals surface area contributed by atoms with Crippen LogP contribution in [0.4, 0.5) is 0 Å². The number of benzene rings is 1. The third kappa shape index (κ3) is 6.97. The van der Waals surface area contributed by atoms with Crippen molar-refractivity contribution >= 4 is 16.0 Å². The highest BCUT2D eigenvalue weighted by Gasteiger charge is 2.13. The zero-order valence-electron chi connectivity index (χ0n) is 17.0. The summed E-state index contributed by atoms with van der Waals surface area (Å²) < 4.78 is 32.1. The van der Waals surface area contributed by atoms with Gasteiger partial charge in [-0.3, -0.25) is 4.99 Å². The van der Waals surface area contributed by atoms with Gasteiger partial charge in [-0.2, -0.15) is 0 Å². The van der Waals surface area contributed by atoms with E-state index >= 15 is 0 Å². The van der Waals surface area contributed by atoms with Gasteiger partial charge in [0.15, 0.2) is 5.96 Å². The zero-order chi connectivity index (χ0) is 20.7. The first kappa shape index (κ1) is 21.9. The van der Waals surface area contributed by atoms with Gasteiger partial charge in [-0.15, -0.1) is 0 Å². The lowest BCUT2D eigenvalue weighted by molar-refractivity contribution is 0.463. The summed E-state index contributed by atoms with van der Waals surface area (Å²) in [5.41, 5.74) is 2.64. The van der Waals surface area contributed by atoms with Crippen molar-refractivity contribution in [3.8, 4) is 0 Å². The van der Waals surface area contributed by atoms with Gasteiger partial charge in [0.25, 0.3) is 0 Å². The van der Waals surface area contributed by atoms with Gasteiger partial charge in [-0.25, -0.2) is 18.1 Å². The van der Waals surface area contributed by atoms with Gasteiger partial charge in [0.2, 0.25) is 15.9 Å².